The maximum atomic E-state index is 12.3. The molecule has 0 aromatic heterocycles. The van der Waals surface area contributed by atoms with E-state index in [0.29, 0.717) is 0 Å². The second-order valence-corrected chi connectivity index (χ2v) is 5.17. The Labute approximate surface area is 104 Å². The number of carbonyl (C=O) groups is 1. The van der Waals surface area contributed by atoms with Crippen LogP contribution in [0.5, 0.6) is 0 Å². The van der Waals surface area contributed by atoms with E-state index in [-0.39, 0.29) is 30.0 Å². The molecule has 4 atom stereocenters. The Bertz CT molecular complexity index is 258. The highest BCUT2D eigenvalue weighted by molar-refractivity contribution is 5.82. The molecule has 4 nitrogen and oxygen atoms in total. The van der Waals surface area contributed by atoms with E-state index < -0.39 is 0 Å². The molecule has 1 saturated heterocycles. The van der Waals surface area contributed by atoms with Crippen molar-refractivity contribution < 1.29 is 9.53 Å². The first kappa shape index (κ1) is 14.5. The SMILES string of the molecule is CCC(C)C(N)C(=O)N1CCC(OC)CC1C. The Morgan fingerprint density at radius 3 is 2.71 bits per heavy atom. The molecule has 17 heavy (non-hydrogen) atoms. The molecular formula is C13H26N2O2. The minimum Gasteiger partial charge on any atom is -0.381 e. The number of nitrogens with zero attached hydrogens (tertiary/aromatic N) is 1. The Balaban J connectivity index is 2.58. The lowest BCUT2D eigenvalue weighted by Crippen LogP contribution is -2.53. The van der Waals surface area contributed by atoms with Gasteiger partial charge in [-0.25, -0.2) is 0 Å². The molecule has 0 aromatic rings. The molecule has 0 aliphatic carbocycles. The van der Waals surface area contributed by atoms with E-state index in [9.17, 15) is 4.79 Å². The topological polar surface area (TPSA) is 55.6 Å². The van der Waals surface area contributed by atoms with Crippen molar-refractivity contribution in [2.24, 2.45) is 11.7 Å². The Morgan fingerprint density at radius 1 is 1.59 bits per heavy atom. The average molecular weight is 242 g/mol. The van der Waals surface area contributed by atoms with E-state index in [2.05, 4.69) is 13.8 Å². The summed E-state index contributed by atoms with van der Waals surface area (Å²) >= 11 is 0. The molecule has 1 heterocycles. The number of likely N-dealkylation sites (tertiary alicyclic amines) is 1. The molecule has 0 bridgehead atoms. The van der Waals surface area contributed by atoms with Crippen LogP contribution < -0.4 is 5.73 Å². The number of nitrogens with two attached hydrogens (primary N) is 1. The van der Waals surface area contributed by atoms with E-state index in [1.165, 1.54) is 0 Å². The molecule has 4 heteroatoms. The number of ether oxygens (including phenoxy) is 1. The van der Waals surface area contributed by atoms with Gasteiger partial charge in [-0.2, -0.15) is 0 Å². The van der Waals surface area contributed by atoms with Gasteiger partial charge in [0.1, 0.15) is 0 Å². The highest BCUT2D eigenvalue weighted by atomic mass is 16.5. The molecule has 1 aliphatic rings. The third-order valence-electron chi connectivity index (χ3n) is 3.99. The number of carbonyl (C=O) groups excluding carboxylic acids is 1. The predicted octanol–water partition coefficient (Wildman–Crippen LogP) is 1.39. The van der Waals surface area contributed by atoms with E-state index in [1.54, 1.807) is 7.11 Å². The van der Waals surface area contributed by atoms with Gasteiger partial charge in [0.2, 0.25) is 5.91 Å². The molecule has 0 saturated carbocycles. The largest absolute Gasteiger partial charge is 0.381 e. The number of rotatable bonds is 4. The van der Waals surface area contributed by atoms with Crippen molar-refractivity contribution in [3.05, 3.63) is 0 Å². The van der Waals surface area contributed by atoms with Crippen molar-refractivity contribution in [3.8, 4) is 0 Å². The molecule has 1 amide bonds. The van der Waals surface area contributed by atoms with Crippen LogP contribution in [-0.4, -0.2) is 42.6 Å². The first-order valence-corrected chi connectivity index (χ1v) is 6.60. The molecule has 0 aromatic carbocycles. The van der Waals surface area contributed by atoms with Gasteiger partial charge in [-0.3, -0.25) is 4.79 Å². The minimum absolute atomic E-state index is 0.0985. The standard InChI is InChI=1S/C13H26N2O2/c1-5-9(2)12(14)13(16)15-7-6-11(17-4)8-10(15)3/h9-12H,5-8,14H2,1-4H3. The van der Waals surface area contributed by atoms with Gasteiger partial charge in [0.05, 0.1) is 12.1 Å². The van der Waals surface area contributed by atoms with Crippen molar-refractivity contribution >= 4 is 5.91 Å². The van der Waals surface area contributed by atoms with Crippen LogP contribution in [0.4, 0.5) is 0 Å². The third kappa shape index (κ3) is 3.42. The summed E-state index contributed by atoms with van der Waals surface area (Å²) in [5.41, 5.74) is 6.01. The number of piperidine rings is 1. The van der Waals surface area contributed by atoms with Crippen LogP contribution >= 0.6 is 0 Å². The number of methoxy groups -OCH3 is 1. The summed E-state index contributed by atoms with van der Waals surface area (Å²) in [6.07, 6.45) is 3.05. The summed E-state index contributed by atoms with van der Waals surface area (Å²) in [7, 11) is 1.74. The molecule has 1 aliphatic heterocycles. The van der Waals surface area contributed by atoms with Crippen molar-refractivity contribution in [2.75, 3.05) is 13.7 Å². The molecule has 4 unspecified atom stereocenters. The van der Waals surface area contributed by atoms with Crippen LogP contribution in [0.1, 0.15) is 40.0 Å². The fourth-order valence-corrected chi connectivity index (χ4v) is 2.36. The van der Waals surface area contributed by atoms with E-state index >= 15 is 0 Å². The van der Waals surface area contributed by atoms with Gasteiger partial charge >= 0.3 is 0 Å². The van der Waals surface area contributed by atoms with E-state index in [1.807, 2.05) is 11.8 Å². The van der Waals surface area contributed by atoms with Crippen molar-refractivity contribution in [1.82, 2.24) is 4.90 Å². The zero-order valence-corrected chi connectivity index (χ0v) is 11.5. The van der Waals surface area contributed by atoms with Gasteiger partial charge < -0.3 is 15.4 Å². The Kier molecular flexibility index (Phi) is 5.40. The summed E-state index contributed by atoms with van der Waals surface area (Å²) < 4.78 is 5.35. The maximum absolute atomic E-state index is 12.3. The number of hydrogen-bond donors (Lipinski definition) is 1. The molecule has 1 rings (SSSR count). The molecular weight excluding hydrogens is 216 g/mol. The monoisotopic (exact) mass is 242 g/mol. The zero-order chi connectivity index (χ0) is 13.0. The number of hydrogen-bond acceptors (Lipinski definition) is 3. The molecule has 0 radical (unpaired) electrons. The molecule has 1 fully saturated rings. The van der Waals surface area contributed by atoms with Crippen LogP contribution in [0.25, 0.3) is 0 Å². The van der Waals surface area contributed by atoms with Crippen LogP contribution in [0.2, 0.25) is 0 Å². The zero-order valence-electron chi connectivity index (χ0n) is 11.5. The van der Waals surface area contributed by atoms with Gasteiger partial charge in [-0.15, -0.1) is 0 Å². The van der Waals surface area contributed by atoms with Gasteiger partial charge in [0.15, 0.2) is 0 Å². The summed E-state index contributed by atoms with van der Waals surface area (Å²) in [6, 6.07) is -0.127. The predicted molar refractivity (Wildman–Crippen MR) is 68.6 cm³/mol. The second-order valence-electron chi connectivity index (χ2n) is 5.17. The fraction of sp³-hybridized carbons (Fsp3) is 0.923. The summed E-state index contributed by atoms with van der Waals surface area (Å²) in [5, 5.41) is 0. The lowest BCUT2D eigenvalue weighted by atomic mass is 9.95. The van der Waals surface area contributed by atoms with Gasteiger partial charge in [0, 0.05) is 19.7 Å². The van der Waals surface area contributed by atoms with Gasteiger partial charge in [-0.05, 0) is 25.7 Å². The highest BCUT2D eigenvalue weighted by Crippen LogP contribution is 2.21. The maximum Gasteiger partial charge on any atom is 0.240 e. The highest BCUT2D eigenvalue weighted by Gasteiger charge is 2.32. The van der Waals surface area contributed by atoms with Crippen molar-refractivity contribution in [2.45, 2.75) is 58.2 Å². The minimum atomic E-state index is -0.360. The van der Waals surface area contributed by atoms with Crippen LogP contribution in [-0.2, 0) is 9.53 Å². The number of amides is 1. The summed E-state index contributed by atoms with van der Waals surface area (Å²) in [6.45, 7) is 6.95. The molecule has 2 N–H and O–H groups in total. The van der Waals surface area contributed by atoms with Crippen LogP contribution in [0.3, 0.4) is 0 Å². The van der Waals surface area contributed by atoms with Crippen LogP contribution in [0.15, 0.2) is 0 Å². The smallest absolute Gasteiger partial charge is 0.240 e. The van der Waals surface area contributed by atoms with Crippen molar-refractivity contribution in [3.63, 3.8) is 0 Å². The Morgan fingerprint density at radius 2 is 2.24 bits per heavy atom. The lowest BCUT2D eigenvalue weighted by Gasteiger charge is -2.39. The average Bonchev–Trinajstić information content (AvgIpc) is 2.35. The van der Waals surface area contributed by atoms with E-state index in [0.717, 1.165) is 25.8 Å². The fourth-order valence-electron chi connectivity index (χ4n) is 2.36. The molecule has 0 spiro atoms. The van der Waals surface area contributed by atoms with E-state index in [4.69, 9.17) is 10.5 Å². The first-order chi connectivity index (χ1) is 8.01. The van der Waals surface area contributed by atoms with Gasteiger partial charge in [-0.1, -0.05) is 20.3 Å². The lowest BCUT2D eigenvalue weighted by molar-refractivity contribution is -0.139. The summed E-state index contributed by atoms with van der Waals surface area (Å²) in [4.78, 5) is 14.2. The normalized spacial score (nSPS) is 28.9. The van der Waals surface area contributed by atoms with Gasteiger partial charge in [0.25, 0.3) is 0 Å². The quantitative estimate of drug-likeness (QED) is 0.810. The van der Waals surface area contributed by atoms with Crippen LogP contribution in [0, 0.1) is 5.92 Å². The third-order valence-corrected chi connectivity index (χ3v) is 3.99. The first-order valence-electron chi connectivity index (χ1n) is 6.60. The van der Waals surface area contributed by atoms with Crippen molar-refractivity contribution in [1.29, 1.82) is 0 Å². The Hall–Kier alpha value is -0.610. The summed E-state index contributed by atoms with van der Waals surface area (Å²) in [5.74, 6) is 0.344. The second kappa shape index (κ2) is 6.36. The molecule has 100 valence electrons.